The second-order valence-corrected chi connectivity index (χ2v) is 11.0. The molecule has 2 amide bonds. The topological polar surface area (TPSA) is 150 Å². The zero-order chi connectivity index (χ0) is 28.5. The number of ketones is 2. The average molecular weight is 556 g/mol. The van der Waals surface area contributed by atoms with Crippen molar-refractivity contribution in [2.75, 3.05) is 33.5 Å². The fourth-order valence-electron chi connectivity index (χ4n) is 5.36. The lowest BCUT2D eigenvalue weighted by molar-refractivity contribution is -0.132. The van der Waals surface area contributed by atoms with Gasteiger partial charge in [0.05, 0.1) is 25.5 Å². The van der Waals surface area contributed by atoms with Crippen molar-refractivity contribution in [3.8, 4) is 5.75 Å². The van der Waals surface area contributed by atoms with Crippen LogP contribution in [0.2, 0.25) is 0 Å². The number of Topliss-reactive ketones (excluding diaryl/α,β-unsaturated/α-hetero) is 2. The summed E-state index contributed by atoms with van der Waals surface area (Å²) in [5.41, 5.74) is 6.77. The smallest absolute Gasteiger partial charge is 0.240 e. The summed E-state index contributed by atoms with van der Waals surface area (Å²) in [7, 11) is 1.62. The number of carbonyl (C=O) groups excluding carboxylic acids is 4. The molecule has 4 rings (SSSR count). The highest BCUT2D eigenvalue weighted by Gasteiger charge is 2.34. The summed E-state index contributed by atoms with van der Waals surface area (Å²) in [5, 5.41) is 3.56. The number of aromatic nitrogens is 1. The Kier molecular flexibility index (Phi) is 10.7. The van der Waals surface area contributed by atoms with Crippen molar-refractivity contribution in [3.05, 3.63) is 30.0 Å². The van der Waals surface area contributed by atoms with Crippen LogP contribution in [0.15, 0.2) is 24.3 Å². The van der Waals surface area contributed by atoms with E-state index in [-0.39, 0.29) is 36.2 Å². The van der Waals surface area contributed by atoms with Gasteiger partial charge in [0.2, 0.25) is 11.8 Å². The Morgan fingerprint density at radius 1 is 1.07 bits per heavy atom. The van der Waals surface area contributed by atoms with Crippen LogP contribution in [-0.2, 0) is 23.9 Å². The third-order valence-electron chi connectivity index (χ3n) is 7.82. The normalized spacial score (nSPS) is 18.8. The molecule has 40 heavy (non-hydrogen) atoms. The van der Waals surface area contributed by atoms with Crippen LogP contribution < -0.4 is 15.8 Å². The van der Waals surface area contributed by atoms with Gasteiger partial charge in [0.1, 0.15) is 24.2 Å². The van der Waals surface area contributed by atoms with Gasteiger partial charge < -0.3 is 30.2 Å². The second kappa shape index (κ2) is 14.4. The number of fused-ring (bicyclic) bond motifs is 1. The van der Waals surface area contributed by atoms with Gasteiger partial charge in [0.25, 0.3) is 0 Å². The molecule has 10 heteroatoms. The van der Waals surface area contributed by atoms with E-state index in [1.165, 1.54) is 0 Å². The number of benzene rings is 1. The highest BCUT2D eigenvalue weighted by Crippen LogP contribution is 2.37. The minimum absolute atomic E-state index is 0.00647. The largest absolute Gasteiger partial charge is 0.490 e. The van der Waals surface area contributed by atoms with Crippen molar-refractivity contribution in [2.24, 2.45) is 23.5 Å². The van der Waals surface area contributed by atoms with E-state index in [9.17, 15) is 19.2 Å². The summed E-state index contributed by atoms with van der Waals surface area (Å²) in [5.74, 6) is -0.913. The van der Waals surface area contributed by atoms with Gasteiger partial charge in [-0.3, -0.25) is 19.2 Å². The van der Waals surface area contributed by atoms with Crippen molar-refractivity contribution >= 4 is 34.3 Å². The number of rotatable bonds is 17. The number of hydrogen-bond acceptors (Lipinski definition) is 7. The second-order valence-electron chi connectivity index (χ2n) is 11.0. The predicted octanol–water partition coefficient (Wildman–Crippen LogP) is 3.32. The Hall–Kier alpha value is -3.24. The van der Waals surface area contributed by atoms with E-state index in [1.54, 1.807) is 13.2 Å². The molecular weight excluding hydrogens is 514 g/mol. The van der Waals surface area contributed by atoms with E-state index in [0.29, 0.717) is 63.1 Å². The molecule has 10 nitrogen and oxygen atoms in total. The summed E-state index contributed by atoms with van der Waals surface area (Å²) in [6, 6.07) is 6.38. The zero-order valence-electron chi connectivity index (χ0n) is 23.2. The molecule has 1 heterocycles. The molecule has 0 spiro atoms. The molecule has 2 saturated carbocycles. The first-order valence-corrected chi connectivity index (χ1v) is 14.3. The molecule has 0 bridgehead atoms. The van der Waals surface area contributed by atoms with Crippen molar-refractivity contribution in [1.29, 1.82) is 0 Å². The molecule has 0 saturated heterocycles. The number of methoxy groups -OCH3 is 1. The van der Waals surface area contributed by atoms with Crippen LogP contribution in [0.1, 0.15) is 68.3 Å². The highest BCUT2D eigenvalue weighted by molar-refractivity contribution is 6.02. The van der Waals surface area contributed by atoms with Crippen LogP contribution in [0.25, 0.3) is 10.9 Å². The van der Waals surface area contributed by atoms with Crippen LogP contribution in [0.5, 0.6) is 5.75 Å². The Bertz CT molecular complexity index is 1190. The molecule has 1 aromatic carbocycles. The molecule has 0 radical (unpaired) electrons. The molecule has 0 unspecified atom stereocenters. The van der Waals surface area contributed by atoms with Gasteiger partial charge in [-0.2, -0.15) is 0 Å². The zero-order valence-corrected chi connectivity index (χ0v) is 23.2. The van der Waals surface area contributed by atoms with E-state index in [1.807, 2.05) is 18.2 Å². The molecule has 3 atom stereocenters. The summed E-state index contributed by atoms with van der Waals surface area (Å²) < 4.78 is 16.3. The van der Waals surface area contributed by atoms with E-state index in [0.717, 1.165) is 36.6 Å². The molecule has 4 N–H and O–H groups in total. The van der Waals surface area contributed by atoms with E-state index >= 15 is 0 Å². The molecule has 218 valence electrons. The highest BCUT2D eigenvalue weighted by atomic mass is 16.5. The van der Waals surface area contributed by atoms with Gasteiger partial charge in [-0.15, -0.1) is 0 Å². The van der Waals surface area contributed by atoms with Gasteiger partial charge in [0.15, 0.2) is 5.78 Å². The van der Waals surface area contributed by atoms with Gasteiger partial charge >= 0.3 is 0 Å². The Morgan fingerprint density at radius 3 is 2.60 bits per heavy atom. The third kappa shape index (κ3) is 8.38. The average Bonchev–Trinajstić information content (AvgIpc) is 3.64. The standard InChI is InChI=1S/C30H41N3O7/c1-38-11-12-39-13-14-40-28-8-4-6-23-22(28)18-24(32-23)27(35)17-21(15-19-9-10-19)30(37)33-25(29(31)36)16-20-5-2-3-7-26(20)34/h4,6,8,18-21,25,32H,2-3,5,7,9-17H2,1H3,(H2,31,36)(H,33,37)/t20-,21+,25-/m0/s1. The van der Waals surface area contributed by atoms with Crippen molar-refractivity contribution in [1.82, 2.24) is 10.3 Å². The van der Waals surface area contributed by atoms with Crippen LogP contribution in [-0.4, -0.2) is 67.9 Å². The first-order valence-electron chi connectivity index (χ1n) is 14.3. The summed E-state index contributed by atoms with van der Waals surface area (Å²) in [4.78, 5) is 54.4. The van der Waals surface area contributed by atoms with E-state index in [2.05, 4.69) is 10.3 Å². The molecule has 2 aromatic rings. The number of aromatic amines is 1. The number of amides is 2. The number of H-pyrrole nitrogens is 1. The van der Waals surface area contributed by atoms with Gasteiger partial charge in [-0.1, -0.05) is 25.3 Å². The lowest BCUT2D eigenvalue weighted by Crippen LogP contribution is -2.48. The lowest BCUT2D eigenvalue weighted by atomic mass is 9.83. The van der Waals surface area contributed by atoms with Crippen molar-refractivity contribution in [3.63, 3.8) is 0 Å². The summed E-state index contributed by atoms with van der Waals surface area (Å²) in [6.45, 7) is 1.77. The molecular formula is C30H41N3O7. The third-order valence-corrected chi connectivity index (χ3v) is 7.82. The minimum Gasteiger partial charge on any atom is -0.490 e. The maximum absolute atomic E-state index is 13.4. The number of hydrogen-bond donors (Lipinski definition) is 3. The predicted molar refractivity (Wildman–Crippen MR) is 149 cm³/mol. The van der Waals surface area contributed by atoms with Gasteiger partial charge in [-0.05, 0) is 49.8 Å². The van der Waals surface area contributed by atoms with Crippen molar-refractivity contribution in [2.45, 2.75) is 63.8 Å². The monoisotopic (exact) mass is 555 g/mol. The fourth-order valence-corrected chi connectivity index (χ4v) is 5.36. The van der Waals surface area contributed by atoms with Crippen LogP contribution in [0.3, 0.4) is 0 Å². The number of nitrogens with two attached hydrogens (primary N) is 1. The molecule has 2 aliphatic carbocycles. The Morgan fingerprint density at radius 2 is 1.88 bits per heavy atom. The maximum atomic E-state index is 13.4. The Balaban J connectivity index is 1.40. The van der Waals surface area contributed by atoms with Crippen LogP contribution >= 0.6 is 0 Å². The van der Waals surface area contributed by atoms with E-state index < -0.39 is 17.9 Å². The van der Waals surface area contributed by atoms with Gasteiger partial charge in [0, 0.05) is 42.7 Å². The lowest BCUT2D eigenvalue weighted by Gasteiger charge is -2.26. The number of primary amides is 1. The SMILES string of the molecule is COCCOCCOc1cccc2[nH]c(C(=O)C[C@@H](CC3CC3)C(=O)N[C@@H](C[C@@H]3CCCCC3=O)C(N)=O)cc12. The van der Waals surface area contributed by atoms with Crippen molar-refractivity contribution < 1.29 is 33.4 Å². The number of carbonyl (C=O) groups is 4. The first kappa shape index (κ1) is 29.7. The van der Waals surface area contributed by atoms with E-state index in [4.69, 9.17) is 19.9 Å². The number of nitrogens with one attached hydrogen (secondary N) is 2. The van der Waals surface area contributed by atoms with Crippen LogP contribution in [0, 0.1) is 17.8 Å². The summed E-state index contributed by atoms with van der Waals surface area (Å²) >= 11 is 0. The Labute approximate surface area is 234 Å². The minimum atomic E-state index is -0.928. The van der Waals surface area contributed by atoms with Gasteiger partial charge in [-0.25, -0.2) is 0 Å². The first-order chi connectivity index (χ1) is 19.4. The maximum Gasteiger partial charge on any atom is 0.240 e. The van der Waals surface area contributed by atoms with Crippen LogP contribution in [0.4, 0.5) is 0 Å². The fraction of sp³-hybridized carbons (Fsp3) is 0.600. The molecule has 2 fully saturated rings. The molecule has 1 aromatic heterocycles. The number of ether oxygens (including phenoxy) is 3. The molecule has 0 aliphatic heterocycles. The quantitative estimate of drug-likeness (QED) is 0.200. The molecule has 2 aliphatic rings. The summed E-state index contributed by atoms with van der Waals surface area (Å²) in [6.07, 6.45) is 5.83.